The minimum Gasteiger partial charge on any atom is -0.505 e. The van der Waals surface area contributed by atoms with Gasteiger partial charge >= 0.3 is 11.9 Å². The molecular weight excluding hydrogens is 624 g/mol. The average molecular weight is 646 g/mol. The molecule has 0 saturated heterocycles. The highest BCUT2D eigenvalue weighted by Crippen LogP contribution is 2.37. The molecule has 35 heavy (non-hydrogen) atoms. The van der Waals surface area contributed by atoms with Gasteiger partial charge in [-0.3, -0.25) is 0 Å². The van der Waals surface area contributed by atoms with Crippen molar-refractivity contribution < 1.29 is 29.6 Å². The van der Waals surface area contributed by atoms with E-state index in [1.807, 2.05) is 12.1 Å². The summed E-state index contributed by atoms with van der Waals surface area (Å²) in [4.78, 5) is 22.1. The first-order valence-corrected chi connectivity index (χ1v) is 11.1. The molecule has 0 saturated carbocycles. The molecule has 2 aromatic carbocycles. The van der Waals surface area contributed by atoms with Gasteiger partial charge in [0.1, 0.15) is 21.3 Å². The summed E-state index contributed by atoms with van der Waals surface area (Å²) in [7, 11) is 1.54. The molecule has 0 aliphatic rings. The lowest BCUT2D eigenvalue weighted by Crippen LogP contribution is -1.94. The summed E-state index contributed by atoms with van der Waals surface area (Å²) in [5.74, 6) is -1.34. The Kier molecular flexibility index (Phi) is 11.3. The van der Waals surface area contributed by atoms with E-state index in [0.717, 1.165) is 22.5 Å². The predicted molar refractivity (Wildman–Crippen MR) is 151 cm³/mol. The van der Waals surface area contributed by atoms with Gasteiger partial charge in [-0.2, -0.15) is 0 Å². The molecule has 4 rings (SSSR count). The van der Waals surface area contributed by atoms with Gasteiger partial charge in [0, 0.05) is 11.1 Å². The van der Waals surface area contributed by atoms with Crippen LogP contribution >= 0.6 is 56.6 Å². The Bertz CT molecular complexity index is 1320. The maximum Gasteiger partial charge on any atom is 0.345 e. The number of methoxy groups -OCH3 is 1. The summed E-state index contributed by atoms with van der Waals surface area (Å²) in [6.45, 7) is 0. The molecule has 0 spiro atoms. The molecule has 0 bridgehead atoms. The third-order valence-corrected chi connectivity index (χ3v) is 6.40. The first kappa shape index (κ1) is 30.0. The lowest BCUT2D eigenvalue weighted by Gasteiger charge is -2.09. The molecule has 186 valence electrons. The molecule has 8 nitrogen and oxygen atoms in total. The van der Waals surface area contributed by atoms with Gasteiger partial charge in [0.2, 0.25) is 0 Å². The molecular formula is C23H22Br2N2O6S2. The van der Waals surface area contributed by atoms with Crippen LogP contribution in [-0.2, 0) is 0 Å². The number of ether oxygens (including phenoxy) is 1. The number of hydrogen-bond donors (Lipinski definition) is 5. The fourth-order valence-corrected chi connectivity index (χ4v) is 4.47. The Morgan fingerprint density at radius 1 is 0.800 bits per heavy atom. The van der Waals surface area contributed by atoms with Crippen LogP contribution in [0.4, 0.5) is 11.4 Å². The van der Waals surface area contributed by atoms with Crippen molar-refractivity contribution >= 4 is 79.9 Å². The Morgan fingerprint density at radius 2 is 1.26 bits per heavy atom. The molecule has 0 fully saturated rings. The number of anilines is 2. The molecule has 0 amide bonds. The number of carboxylic acid groups (broad SMARTS) is 2. The Hall–Kier alpha value is -3.06. The van der Waals surface area contributed by atoms with Crippen molar-refractivity contribution in [2.24, 2.45) is 0 Å². The number of rotatable bonds is 5. The van der Waals surface area contributed by atoms with E-state index in [2.05, 4.69) is 0 Å². The van der Waals surface area contributed by atoms with Gasteiger partial charge in [-0.05, 0) is 46.2 Å². The van der Waals surface area contributed by atoms with Gasteiger partial charge < -0.3 is 31.5 Å². The van der Waals surface area contributed by atoms with E-state index in [1.165, 1.54) is 17.4 Å². The molecule has 2 aromatic heterocycles. The zero-order valence-corrected chi connectivity index (χ0v) is 23.2. The Balaban J connectivity index is 0.000000332. The van der Waals surface area contributed by atoms with Gasteiger partial charge in [-0.1, -0.05) is 24.3 Å². The predicted octanol–water partition coefficient (Wildman–Crippen LogP) is 6.26. The van der Waals surface area contributed by atoms with Crippen LogP contribution in [0.3, 0.4) is 0 Å². The van der Waals surface area contributed by atoms with Gasteiger partial charge in [0.25, 0.3) is 0 Å². The largest absolute Gasteiger partial charge is 0.505 e. The number of nitrogen functional groups attached to an aromatic ring is 2. The number of halogens is 2. The number of phenols is 1. The lowest BCUT2D eigenvalue weighted by molar-refractivity contribution is 0.0691. The molecule has 0 unspecified atom stereocenters. The topological polar surface area (TPSA) is 156 Å². The number of aromatic hydroxyl groups is 1. The molecule has 0 aliphatic carbocycles. The zero-order valence-electron chi connectivity index (χ0n) is 18.1. The third kappa shape index (κ3) is 6.98. The second-order valence-electron chi connectivity index (χ2n) is 6.68. The second kappa shape index (κ2) is 13.1. The normalized spacial score (nSPS) is 9.63. The van der Waals surface area contributed by atoms with Gasteiger partial charge in [0.05, 0.1) is 18.5 Å². The lowest BCUT2D eigenvalue weighted by atomic mass is 10.1. The van der Waals surface area contributed by atoms with E-state index in [-0.39, 0.29) is 50.3 Å². The Labute approximate surface area is 230 Å². The van der Waals surface area contributed by atoms with E-state index in [0.29, 0.717) is 27.4 Å². The number of thiophene rings is 2. The Morgan fingerprint density at radius 3 is 1.71 bits per heavy atom. The van der Waals surface area contributed by atoms with Crippen molar-refractivity contribution in [3.63, 3.8) is 0 Å². The van der Waals surface area contributed by atoms with E-state index < -0.39 is 11.9 Å². The quantitative estimate of drug-likeness (QED) is 0.126. The van der Waals surface area contributed by atoms with Crippen molar-refractivity contribution in [3.8, 4) is 33.8 Å². The van der Waals surface area contributed by atoms with E-state index in [4.69, 9.17) is 26.4 Å². The monoisotopic (exact) mass is 644 g/mol. The highest BCUT2D eigenvalue weighted by molar-refractivity contribution is 8.93. The number of aromatic carboxylic acids is 2. The standard InChI is InChI=1S/C12H11NO3S.C11H9NO3S.2BrH/c1-16-11-8(3-2-4-9(11)13)7-5-10(12(14)15)17-6-7;12-8-3-1-2-7(10(8)13)6-4-9(11(14)15)16-5-6;;/h2-6H,13H2,1H3,(H,14,15);1-5,13H,12H2,(H,14,15);2*1H. The van der Waals surface area contributed by atoms with Crippen molar-refractivity contribution in [1.29, 1.82) is 0 Å². The highest BCUT2D eigenvalue weighted by atomic mass is 79.9. The van der Waals surface area contributed by atoms with Crippen LogP contribution < -0.4 is 16.2 Å². The fourth-order valence-electron chi connectivity index (χ4n) is 2.98. The van der Waals surface area contributed by atoms with Gasteiger partial charge in [0.15, 0.2) is 0 Å². The van der Waals surface area contributed by atoms with Gasteiger partial charge in [-0.25, -0.2) is 9.59 Å². The summed E-state index contributed by atoms with van der Waals surface area (Å²) in [5.41, 5.74) is 15.0. The third-order valence-electron chi connectivity index (χ3n) is 4.56. The SMILES string of the molecule is Br.Br.COc1c(N)cccc1-c1csc(C(=O)O)c1.Nc1cccc(-c2csc(C(=O)O)c2)c1O. The molecule has 0 radical (unpaired) electrons. The molecule has 2 heterocycles. The van der Waals surface area contributed by atoms with E-state index in [1.54, 1.807) is 48.2 Å². The number of carboxylic acids is 2. The fraction of sp³-hybridized carbons (Fsp3) is 0.0435. The number of benzene rings is 2. The smallest absolute Gasteiger partial charge is 0.345 e. The number of carbonyl (C=O) groups is 2. The van der Waals surface area contributed by atoms with Crippen LogP contribution in [0.25, 0.3) is 22.3 Å². The van der Waals surface area contributed by atoms with Crippen LogP contribution in [0.15, 0.2) is 59.3 Å². The van der Waals surface area contributed by atoms with Gasteiger partial charge in [-0.15, -0.1) is 56.6 Å². The molecule has 0 aliphatic heterocycles. The minimum atomic E-state index is -0.973. The molecule has 7 N–H and O–H groups in total. The molecule has 0 atom stereocenters. The molecule has 12 heteroatoms. The maximum absolute atomic E-state index is 10.8. The summed E-state index contributed by atoms with van der Waals surface area (Å²) >= 11 is 2.30. The van der Waals surface area contributed by atoms with Crippen LogP contribution in [0, 0.1) is 0 Å². The van der Waals surface area contributed by atoms with E-state index >= 15 is 0 Å². The minimum absolute atomic E-state index is 0. The van der Waals surface area contributed by atoms with Crippen LogP contribution in [0.5, 0.6) is 11.5 Å². The first-order valence-electron chi connectivity index (χ1n) is 9.37. The summed E-state index contributed by atoms with van der Waals surface area (Å²) < 4.78 is 5.23. The number of hydrogen-bond acceptors (Lipinski definition) is 8. The van der Waals surface area contributed by atoms with Crippen molar-refractivity contribution in [2.45, 2.75) is 0 Å². The zero-order chi connectivity index (χ0) is 24.1. The van der Waals surface area contributed by atoms with E-state index in [9.17, 15) is 14.7 Å². The summed E-state index contributed by atoms with van der Waals surface area (Å²) in [5, 5.41) is 30.9. The van der Waals surface area contributed by atoms with Crippen LogP contribution in [0.2, 0.25) is 0 Å². The highest BCUT2D eigenvalue weighted by Gasteiger charge is 2.13. The first-order chi connectivity index (χ1) is 15.7. The van der Waals surface area contributed by atoms with Crippen molar-refractivity contribution in [1.82, 2.24) is 0 Å². The van der Waals surface area contributed by atoms with Crippen LogP contribution in [-0.4, -0.2) is 34.4 Å². The maximum atomic E-state index is 10.8. The average Bonchev–Trinajstić information content (AvgIpc) is 3.46. The number of phenolic OH excluding ortho intramolecular Hbond substituents is 1. The molecule has 4 aromatic rings. The second-order valence-corrected chi connectivity index (χ2v) is 8.50. The number of nitrogens with two attached hydrogens (primary N) is 2. The summed E-state index contributed by atoms with van der Waals surface area (Å²) in [6.07, 6.45) is 0. The number of para-hydroxylation sites is 2. The van der Waals surface area contributed by atoms with Crippen molar-refractivity contribution in [3.05, 3.63) is 69.0 Å². The summed E-state index contributed by atoms with van der Waals surface area (Å²) in [6, 6.07) is 13.5. The van der Waals surface area contributed by atoms with Crippen molar-refractivity contribution in [2.75, 3.05) is 18.6 Å². The van der Waals surface area contributed by atoms with Crippen LogP contribution in [0.1, 0.15) is 19.3 Å².